The van der Waals surface area contributed by atoms with Crippen LogP contribution in [0.5, 0.6) is 0 Å². The van der Waals surface area contributed by atoms with E-state index in [2.05, 4.69) is 37.0 Å². The topological polar surface area (TPSA) is 29.4 Å². The molecule has 0 atom stereocenters. The minimum absolute atomic E-state index is 0.251. The normalized spacial score (nSPS) is 17.4. The maximum atomic E-state index is 10.6. The third-order valence-electron chi connectivity index (χ3n) is 3.59. The van der Waals surface area contributed by atoms with E-state index in [0.29, 0.717) is 0 Å². The van der Waals surface area contributed by atoms with Crippen molar-refractivity contribution in [2.24, 2.45) is 4.99 Å². The second kappa shape index (κ2) is 4.23. The number of hydrogen-bond donors (Lipinski definition) is 0. The van der Waals surface area contributed by atoms with Crippen molar-refractivity contribution in [2.75, 3.05) is 0 Å². The number of carbonyl (C=O) groups excluding carboxylic acids is 1. The van der Waals surface area contributed by atoms with Crippen LogP contribution in [-0.2, 0) is 16.8 Å². The van der Waals surface area contributed by atoms with Gasteiger partial charge in [0.1, 0.15) is 0 Å². The molecule has 0 aromatic heterocycles. The molecule has 1 aliphatic rings. The average Bonchev–Trinajstić information content (AvgIpc) is 2.23. The molecule has 0 spiro atoms. The summed E-state index contributed by atoms with van der Waals surface area (Å²) in [5.41, 5.74) is 3.53. The summed E-state index contributed by atoms with van der Waals surface area (Å²) in [4.78, 5) is 14.7. The van der Waals surface area contributed by atoms with E-state index in [1.165, 1.54) is 16.7 Å². The van der Waals surface area contributed by atoms with Crippen molar-refractivity contribution < 1.29 is 4.79 Å². The third kappa shape index (κ3) is 1.70. The predicted molar refractivity (Wildman–Crippen MR) is 64.2 cm³/mol. The molecule has 0 bridgehead atoms. The van der Waals surface area contributed by atoms with Gasteiger partial charge in [-0.25, -0.2) is 4.79 Å². The Balaban J connectivity index is 2.52. The van der Waals surface area contributed by atoms with Crippen LogP contribution in [0.15, 0.2) is 23.2 Å². The molecule has 2 rings (SSSR count). The van der Waals surface area contributed by atoms with Gasteiger partial charge in [0, 0.05) is 0 Å². The quantitative estimate of drug-likeness (QED) is 0.562. The van der Waals surface area contributed by atoms with Crippen LogP contribution in [0.25, 0.3) is 0 Å². The first-order chi connectivity index (χ1) is 7.72. The standard InChI is InChI=1S/C14H17NO/c1-3-12-6-5-11(2)9-13(12)14(15-10-16)7-4-8-14/h5-6,9H,3-4,7-8H2,1-2H3. The van der Waals surface area contributed by atoms with Crippen LogP contribution in [0.3, 0.4) is 0 Å². The maximum Gasteiger partial charge on any atom is 0.235 e. The number of benzene rings is 1. The number of rotatable bonds is 3. The summed E-state index contributed by atoms with van der Waals surface area (Å²) in [5, 5.41) is 0. The second-order valence-corrected chi connectivity index (χ2v) is 4.60. The van der Waals surface area contributed by atoms with Crippen molar-refractivity contribution in [3.63, 3.8) is 0 Å². The summed E-state index contributed by atoms with van der Waals surface area (Å²) < 4.78 is 0. The van der Waals surface area contributed by atoms with E-state index in [0.717, 1.165) is 25.7 Å². The smallest absolute Gasteiger partial charge is 0.211 e. The molecule has 0 amide bonds. The molecule has 1 aromatic carbocycles. The molecule has 0 aliphatic heterocycles. The molecule has 2 nitrogen and oxygen atoms in total. The zero-order chi connectivity index (χ0) is 11.6. The summed E-state index contributed by atoms with van der Waals surface area (Å²) in [6, 6.07) is 6.46. The SMILES string of the molecule is CCc1ccc(C)cc1C1(N=C=O)CCC1. The number of hydrogen-bond acceptors (Lipinski definition) is 2. The van der Waals surface area contributed by atoms with Crippen LogP contribution < -0.4 is 0 Å². The number of isocyanates is 1. The van der Waals surface area contributed by atoms with E-state index in [9.17, 15) is 4.79 Å². The number of nitrogens with zero attached hydrogens (tertiary/aromatic N) is 1. The van der Waals surface area contributed by atoms with E-state index in [4.69, 9.17) is 0 Å². The molecule has 0 unspecified atom stereocenters. The average molecular weight is 215 g/mol. The molecular weight excluding hydrogens is 198 g/mol. The first-order valence-electron chi connectivity index (χ1n) is 5.91. The Morgan fingerprint density at radius 2 is 2.19 bits per heavy atom. The van der Waals surface area contributed by atoms with Crippen molar-refractivity contribution in [1.82, 2.24) is 0 Å². The van der Waals surface area contributed by atoms with E-state index < -0.39 is 0 Å². The van der Waals surface area contributed by atoms with Gasteiger partial charge in [-0.1, -0.05) is 30.7 Å². The molecule has 1 fully saturated rings. The Labute approximate surface area is 96.4 Å². The fraction of sp³-hybridized carbons (Fsp3) is 0.500. The van der Waals surface area contributed by atoms with Crippen LogP contribution in [0.1, 0.15) is 42.9 Å². The van der Waals surface area contributed by atoms with Gasteiger partial charge in [-0.05, 0) is 43.7 Å². The molecule has 1 aromatic rings. The van der Waals surface area contributed by atoms with Crippen LogP contribution >= 0.6 is 0 Å². The van der Waals surface area contributed by atoms with Gasteiger partial charge in [0.15, 0.2) is 0 Å². The Morgan fingerprint density at radius 1 is 1.44 bits per heavy atom. The lowest BCUT2D eigenvalue weighted by atomic mass is 9.70. The Bertz CT molecular complexity index is 440. The highest BCUT2D eigenvalue weighted by Crippen LogP contribution is 2.46. The zero-order valence-corrected chi connectivity index (χ0v) is 9.92. The van der Waals surface area contributed by atoms with Crippen LogP contribution in [0.2, 0.25) is 0 Å². The summed E-state index contributed by atoms with van der Waals surface area (Å²) in [5.74, 6) is 0. The van der Waals surface area contributed by atoms with E-state index >= 15 is 0 Å². The summed E-state index contributed by atoms with van der Waals surface area (Å²) in [6.07, 6.45) is 5.87. The molecule has 2 heteroatoms. The predicted octanol–water partition coefficient (Wildman–Crippen LogP) is 3.27. The van der Waals surface area contributed by atoms with Gasteiger partial charge in [-0.3, -0.25) is 0 Å². The Hall–Kier alpha value is -1.40. The molecule has 0 heterocycles. The van der Waals surface area contributed by atoms with Crippen LogP contribution in [-0.4, -0.2) is 6.08 Å². The lowest BCUT2D eigenvalue weighted by molar-refractivity contribution is 0.254. The van der Waals surface area contributed by atoms with Crippen molar-refractivity contribution in [3.05, 3.63) is 34.9 Å². The van der Waals surface area contributed by atoms with Gasteiger partial charge in [0.05, 0.1) is 5.54 Å². The van der Waals surface area contributed by atoms with Crippen molar-refractivity contribution in [1.29, 1.82) is 0 Å². The molecule has 1 saturated carbocycles. The fourth-order valence-corrected chi connectivity index (χ4v) is 2.47. The zero-order valence-electron chi connectivity index (χ0n) is 9.92. The number of aryl methyl sites for hydroxylation is 2. The van der Waals surface area contributed by atoms with E-state index in [1.54, 1.807) is 6.08 Å². The lowest BCUT2D eigenvalue weighted by Crippen LogP contribution is -2.33. The van der Waals surface area contributed by atoms with Gasteiger partial charge in [-0.15, -0.1) is 0 Å². The van der Waals surface area contributed by atoms with E-state index in [-0.39, 0.29) is 5.54 Å². The largest absolute Gasteiger partial charge is 0.235 e. The molecule has 0 saturated heterocycles. The van der Waals surface area contributed by atoms with Gasteiger partial charge in [0.2, 0.25) is 6.08 Å². The highest BCUT2D eigenvalue weighted by atomic mass is 16.1. The minimum Gasteiger partial charge on any atom is -0.211 e. The van der Waals surface area contributed by atoms with Gasteiger partial charge in [0.25, 0.3) is 0 Å². The maximum absolute atomic E-state index is 10.6. The molecule has 0 N–H and O–H groups in total. The third-order valence-corrected chi connectivity index (χ3v) is 3.59. The summed E-state index contributed by atoms with van der Waals surface area (Å²) in [6.45, 7) is 4.23. The fourth-order valence-electron chi connectivity index (χ4n) is 2.47. The van der Waals surface area contributed by atoms with Gasteiger partial charge >= 0.3 is 0 Å². The second-order valence-electron chi connectivity index (χ2n) is 4.60. The first kappa shape index (κ1) is 11.1. The molecule has 84 valence electrons. The van der Waals surface area contributed by atoms with Gasteiger partial charge < -0.3 is 0 Å². The molecule has 1 aliphatic carbocycles. The van der Waals surface area contributed by atoms with Crippen LogP contribution in [0, 0.1) is 6.92 Å². The van der Waals surface area contributed by atoms with Crippen molar-refractivity contribution >= 4 is 6.08 Å². The van der Waals surface area contributed by atoms with Crippen molar-refractivity contribution in [3.8, 4) is 0 Å². The monoisotopic (exact) mass is 215 g/mol. The number of aliphatic imine (C=N–C) groups is 1. The molecule has 16 heavy (non-hydrogen) atoms. The van der Waals surface area contributed by atoms with Gasteiger partial charge in [-0.2, -0.15) is 4.99 Å². The van der Waals surface area contributed by atoms with Crippen molar-refractivity contribution in [2.45, 2.75) is 45.1 Å². The molecular formula is C14H17NO. The highest BCUT2D eigenvalue weighted by Gasteiger charge is 2.40. The molecule has 0 radical (unpaired) electrons. The lowest BCUT2D eigenvalue weighted by Gasteiger charge is -2.38. The summed E-state index contributed by atoms with van der Waals surface area (Å²) >= 11 is 0. The van der Waals surface area contributed by atoms with Crippen LogP contribution in [0.4, 0.5) is 0 Å². The summed E-state index contributed by atoms with van der Waals surface area (Å²) in [7, 11) is 0. The minimum atomic E-state index is -0.251. The van der Waals surface area contributed by atoms with E-state index in [1.807, 2.05) is 0 Å². The highest BCUT2D eigenvalue weighted by molar-refractivity contribution is 5.43. The Morgan fingerprint density at radius 3 is 2.69 bits per heavy atom. The first-order valence-corrected chi connectivity index (χ1v) is 5.91. The Kier molecular flexibility index (Phi) is 2.93.